The number of sulfone groups is 1. The molecule has 2 atom stereocenters. The average molecular weight is 453 g/mol. The van der Waals surface area contributed by atoms with Crippen LogP contribution in [-0.2, 0) is 20.8 Å². The monoisotopic (exact) mass is 452 g/mol. The van der Waals surface area contributed by atoms with E-state index in [0.29, 0.717) is 0 Å². The maximum Gasteiger partial charge on any atom is 0.419 e. The molecule has 0 saturated carbocycles. The highest BCUT2D eigenvalue weighted by Crippen LogP contribution is 2.39. The summed E-state index contributed by atoms with van der Waals surface area (Å²) < 4.78 is 79.1. The Bertz CT molecular complexity index is 1060. The molecular weight excluding hydrogens is 440 g/mol. The zero-order chi connectivity index (χ0) is 21.6. The minimum absolute atomic E-state index is 0.399. The first-order valence-corrected chi connectivity index (χ1v) is 10.1. The smallest absolute Gasteiger partial charge is 0.419 e. The van der Waals surface area contributed by atoms with Crippen LogP contribution in [0.25, 0.3) is 0 Å². The third kappa shape index (κ3) is 4.01. The van der Waals surface area contributed by atoms with Crippen LogP contribution in [0, 0.1) is 5.82 Å². The van der Waals surface area contributed by atoms with Gasteiger partial charge in [-0.3, -0.25) is 0 Å². The summed E-state index contributed by atoms with van der Waals surface area (Å²) in [5, 5.41) is 7.68. The van der Waals surface area contributed by atoms with Crippen LogP contribution in [0.2, 0.25) is 5.02 Å². The molecule has 6 nitrogen and oxygen atoms in total. The van der Waals surface area contributed by atoms with Crippen LogP contribution in [0.3, 0.4) is 0 Å². The normalized spacial score (nSPS) is 20.1. The molecule has 1 aliphatic rings. The van der Waals surface area contributed by atoms with E-state index in [9.17, 15) is 35.9 Å². The van der Waals surface area contributed by atoms with Gasteiger partial charge in [-0.2, -0.15) is 13.2 Å². The van der Waals surface area contributed by atoms with Gasteiger partial charge >= 0.3 is 12.1 Å². The molecule has 12 heteroatoms. The first kappa shape index (κ1) is 21.3. The van der Waals surface area contributed by atoms with Gasteiger partial charge in [-0.25, -0.2) is 22.6 Å². The van der Waals surface area contributed by atoms with Crippen LogP contribution in [0.1, 0.15) is 12.0 Å². The Balaban J connectivity index is 2.04. The lowest BCUT2D eigenvalue weighted by molar-refractivity contribution is -0.140. The second kappa shape index (κ2) is 7.45. The molecule has 156 valence electrons. The molecule has 29 heavy (non-hydrogen) atoms. The van der Waals surface area contributed by atoms with Gasteiger partial charge in [-0.1, -0.05) is 11.6 Å². The number of nitrogens with zero attached hydrogens (tertiary/aromatic N) is 2. The molecule has 3 rings (SSSR count). The fourth-order valence-corrected chi connectivity index (χ4v) is 5.45. The molecule has 2 aromatic rings. The molecule has 1 aliphatic heterocycles. The van der Waals surface area contributed by atoms with Gasteiger partial charge < -0.3 is 10.0 Å². The molecule has 1 aromatic carbocycles. The number of carboxylic acids is 1. The Kier molecular flexibility index (Phi) is 5.48. The van der Waals surface area contributed by atoms with Crippen molar-refractivity contribution in [2.75, 3.05) is 11.4 Å². The Morgan fingerprint density at radius 3 is 2.55 bits per heavy atom. The first-order valence-electron chi connectivity index (χ1n) is 8.13. The van der Waals surface area contributed by atoms with Crippen molar-refractivity contribution in [1.29, 1.82) is 0 Å². The number of hydrogen-bond donors (Lipinski definition) is 1. The predicted octanol–water partition coefficient (Wildman–Crippen LogP) is 3.40. The Labute approximate surface area is 167 Å². The van der Waals surface area contributed by atoms with E-state index < -0.39 is 73.4 Å². The van der Waals surface area contributed by atoms with Crippen LogP contribution in [0.4, 0.5) is 23.4 Å². The van der Waals surface area contributed by atoms with Gasteiger partial charge in [0.1, 0.15) is 17.7 Å². The van der Waals surface area contributed by atoms with Crippen molar-refractivity contribution in [3.8, 4) is 0 Å². The molecule has 1 N–H and O–H groups in total. The summed E-state index contributed by atoms with van der Waals surface area (Å²) in [6.45, 7) is -0.549. The fraction of sp³-hybridized carbons (Fsp3) is 0.294. The molecular formula is C17H13ClF4N2O4S. The van der Waals surface area contributed by atoms with Gasteiger partial charge in [-0.15, -0.1) is 0 Å². The van der Waals surface area contributed by atoms with E-state index in [4.69, 9.17) is 11.6 Å². The second-order valence-corrected chi connectivity index (χ2v) is 8.96. The zero-order valence-corrected chi connectivity index (χ0v) is 16.0. The summed E-state index contributed by atoms with van der Waals surface area (Å²) in [6, 6.07) is 2.83. The third-order valence-electron chi connectivity index (χ3n) is 4.55. The average Bonchev–Trinajstić information content (AvgIpc) is 3.07. The number of carboxylic acid groups (broad SMARTS) is 1. The highest BCUT2D eigenvalue weighted by molar-refractivity contribution is 7.92. The fourth-order valence-electron chi connectivity index (χ4n) is 3.22. The molecule has 0 spiro atoms. The van der Waals surface area contributed by atoms with Gasteiger partial charge in [0.25, 0.3) is 0 Å². The van der Waals surface area contributed by atoms with Crippen LogP contribution in [-0.4, -0.2) is 42.3 Å². The number of aliphatic carboxylic acids is 1. The number of hydrogen-bond acceptors (Lipinski definition) is 5. The maximum atomic E-state index is 13.3. The largest absolute Gasteiger partial charge is 0.480 e. The number of rotatable bonds is 4. The quantitative estimate of drug-likeness (QED) is 0.565. The Morgan fingerprint density at radius 2 is 1.97 bits per heavy atom. The number of halogens is 5. The van der Waals surface area contributed by atoms with E-state index in [0.717, 1.165) is 41.4 Å². The van der Waals surface area contributed by atoms with Crippen LogP contribution in [0.15, 0.2) is 41.4 Å². The highest BCUT2D eigenvalue weighted by Gasteiger charge is 2.47. The number of aromatic nitrogens is 1. The molecule has 1 fully saturated rings. The van der Waals surface area contributed by atoms with E-state index in [2.05, 4.69) is 4.98 Å². The first-order chi connectivity index (χ1) is 13.4. The van der Waals surface area contributed by atoms with E-state index in [1.165, 1.54) is 0 Å². The SMILES string of the molecule is O=C(O)C1CC(S(=O)(=O)c2ccc(F)cc2Cl)CN1c1ncccc1C(F)(F)F. The van der Waals surface area contributed by atoms with Crippen molar-refractivity contribution in [1.82, 2.24) is 4.98 Å². The summed E-state index contributed by atoms with van der Waals surface area (Å²) in [6.07, 6.45) is -4.24. The Morgan fingerprint density at radius 1 is 1.28 bits per heavy atom. The number of anilines is 1. The van der Waals surface area contributed by atoms with E-state index in [1.54, 1.807) is 0 Å². The van der Waals surface area contributed by atoms with Crippen molar-refractivity contribution < 1.29 is 35.9 Å². The van der Waals surface area contributed by atoms with Crippen LogP contribution in [0.5, 0.6) is 0 Å². The standard InChI is InChI=1S/C17H13ClF4N2O4S/c18-12-6-9(19)3-4-14(12)29(27,28)10-7-13(16(25)26)24(8-10)15-11(17(20,21)22)2-1-5-23-15/h1-6,10,13H,7-8H2,(H,25,26). The van der Waals surface area contributed by atoms with Crippen LogP contribution < -0.4 is 4.90 Å². The van der Waals surface area contributed by atoms with Crippen molar-refractivity contribution >= 4 is 33.2 Å². The van der Waals surface area contributed by atoms with Crippen molar-refractivity contribution in [3.05, 3.63) is 52.9 Å². The van der Waals surface area contributed by atoms with Gasteiger partial charge in [0.2, 0.25) is 0 Å². The number of carbonyl (C=O) groups is 1. The van der Waals surface area contributed by atoms with Gasteiger partial charge in [-0.05, 0) is 36.8 Å². The molecule has 0 bridgehead atoms. The molecule has 1 aromatic heterocycles. The summed E-state index contributed by atoms with van der Waals surface area (Å²) >= 11 is 5.82. The zero-order valence-electron chi connectivity index (χ0n) is 14.4. The second-order valence-electron chi connectivity index (χ2n) is 6.36. The summed E-state index contributed by atoms with van der Waals surface area (Å²) in [5.74, 6) is -2.93. The van der Waals surface area contributed by atoms with Gasteiger partial charge in [0.15, 0.2) is 9.84 Å². The molecule has 0 radical (unpaired) electrons. The lowest BCUT2D eigenvalue weighted by Gasteiger charge is -2.25. The third-order valence-corrected chi connectivity index (χ3v) is 7.16. The number of benzene rings is 1. The molecule has 2 heterocycles. The predicted molar refractivity (Wildman–Crippen MR) is 95.0 cm³/mol. The maximum absolute atomic E-state index is 13.3. The molecule has 0 aliphatic carbocycles. The van der Waals surface area contributed by atoms with Crippen LogP contribution >= 0.6 is 11.6 Å². The van der Waals surface area contributed by atoms with E-state index >= 15 is 0 Å². The number of alkyl halides is 3. The van der Waals surface area contributed by atoms with Crippen molar-refractivity contribution in [2.45, 2.75) is 28.8 Å². The van der Waals surface area contributed by atoms with Crippen molar-refractivity contribution in [2.24, 2.45) is 0 Å². The van der Waals surface area contributed by atoms with Gasteiger partial charge in [0.05, 0.1) is 20.7 Å². The minimum atomic E-state index is -4.82. The minimum Gasteiger partial charge on any atom is -0.480 e. The summed E-state index contributed by atoms with van der Waals surface area (Å²) in [7, 11) is -4.25. The van der Waals surface area contributed by atoms with Gasteiger partial charge in [0, 0.05) is 12.7 Å². The Hall–Kier alpha value is -2.40. The van der Waals surface area contributed by atoms with E-state index in [-0.39, 0.29) is 0 Å². The lowest BCUT2D eigenvalue weighted by Crippen LogP contribution is -2.38. The summed E-state index contributed by atoms with van der Waals surface area (Å²) in [4.78, 5) is 15.7. The lowest BCUT2D eigenvalue weighted by atomic mass is 10.2. The molecule has 1 saturated heterocycles. The number of pyridine rings is 1. The van der Waals surface area contributed by atoms with E-state index in [1.807, 2.05) is 0 Å². The molecule has 0 amide bonds. The topological polar surface area (TPSA) is 87.6 Å². The highest BCUT2D eigenvalue weighted by atomic mass is 35.5. The molecule has 2 unspecified atom stereocenters. The van der Waals surface area contributed by atoms with Crippen molar-refractivity contribution in [3.63, 3.8) is 0 Å². The summed E-state index contributed by atoms with van der Waals surface area (Å²) in [5.41, 5.74) is -1.18.